The summed E-state index contributed by atoms with van der Waals surface area (Å²) in [6.07, 6.45) is 42.2. The highest BCUT2D eigenvalue weighted by Crippen LogP contribution is 2.55. The molecule has 4 nitrogen and oxygen atoms in total. The minimum absolute atomic E-state index is 0.0727. The van der Waals surface area contributed by atoms with E-state index < -0.39 is 0 Å². The number of hydrogen-bond acceptors (Lipinski definition) is 4. The van der Waals surface area contributed by atoms with Crippen molar-refractivity contribution in [3.63, 3.8) is 0 Å². The molecule has 0 fully saturated rings. The molecular formula is C92H99BN4. The minimum Gasteiger partial charge on any atom is -0.334 e. The van der Waals surface area contributed by atoms with Crippen LogP contribution in [0.2, 0.25) is 0 Å². The number of anilines is 10. The molecule has 0 bridgehead atoms. The number of allylic oxidation sites excluding steroid dienone is 8. The highest BCUT2D eigenvalue weighted by molar-refractivity contribution is 7.00. The van der Waals surface area contributed by atoms with Gasteiger partial charge in [-0.15, -0.1) is 0 Å². The largest absolute Gasteiger partial charge is 0.334 e. The van der Waals surface area contributed by atoms with Crippen molar-refractivity contribution in [2.75, 3.05) is 19.6 Å². The Kier molecular flexibility index (Phi) is 17.4. The van der Waals surface area contributed by atoms with E-state index in [1.54, 1.807) is 22.3 Å². The van der Waals surface area contributed by atoms with Gasteiger partial charge in [-0.05, 0) is 273 Å². The summed E-state index contributed by atoms with van der Waals surface area (Å²) >= 11 is 0. The SMILES string of the molecule is CC(C)(C)c1cc(-c2cc3c4c(c2)N(C2C(C5CC=CCC5)=CCCC2C2=CCCCC2)c2cc(N(c5ccccc5)c5ccccc5)ccc2B4c2ccc(N(c4ccccc4)c4ccccc4)cc2N3C2C(C3CC=CCC3)=CCCC2C2=CCCCC2)cc(C(C)(C)C)c1. The number of para-hydroxylation sites is 4. The van der Waals surface area contributed by atoms with Crippen LogP contribution in [-0.4, -0.2) is 18.8 Å². The maximum absolute atomic E-state index is 3.06. The lowest BCUT2D eigenvalue weighted by Gasteiger charge is -2.53. The van der Waals surface area contributed by atoms with Gasteiger partial charge in [-0.1, -0.05) is 204 Å². The minimum atomic E-state index is -0.0759. The maximum Gasteiger partial charge on any atom is 0.252 e. The first kappa shape index (κ1) is 63.2. The van der Waals surface area contributed by atoms with E-state index in [9.17, 15) is 0 Å². The summed E-state index contributed by atoms with van der Waals surface area (Å²) in [5.74, 6) is 1.65. The Bertz CT molecular complexity index is 4030. The van der Waals surface area contributed by atoms with Gasteiger partial charge in [-0.25, -0.2) is 0 Å². The van der Waals surface area contributed by atoms with E-state index in [4.69, 9.17) is 0 Å². The van der Waals surface area contributed by atoms with Crippen LogP contribution in [0.3, 0.4) is 0 Å². The Morgan fingerprint density at radius 3 is 1.12 bits per heavy atom. The molecule has 0 saturated carbocycles. The number of rotatable bonds is 13. The smallest absolute Gasteiger partial charge is 0.252 e. The summed E-state index contributed by atoms with van der Waals surface area (Å²) in [6, 6.07) is 73.7. The zero-order chi connectivity index (χ0) is 65.8. The fourth-order valence-electron chi connectivity index (χ4n) is 18.7. The number of nitrogens with zero attached hydrogens (tertiary/aromatic N) is 4. The van der Waals surface area contributed by atoms with Crippen LogP contribution < -0.4 is 36.0 Å². The highest BCUT2D eigenvalue weighted by atomic mass is 15.2. The lowest BCUT2D eigenvalue weighted by atomic mass is 9.33. The molecule has 97 heavy (non-hydrogen) atoms. The Morgan fingerprint density at radius 2 is 0.763 bits per heavy atom. The average Bonchev–Trinajstić information content (AvgIpc) is 0.688. The first-order valence-corrected chi connectivity index (χ1v) is 37.5. The molecule has 8 aromatic carbocycles. The second-order valence-corrected chi connectivity index (χ2v) is 31.6. The van der Waals surface area contributed by atoms with Crippen molar-refractivity contribution >= 4 is 80.0 Å². The van der Waals surface area contributed by atoms with Crippen molar-refractivity contribution in [2.45, 2.75) is 180 Å². The Morgan fingerprint density at radius 1 is 0.361 bits per heavy atom. The molecule has 5 heteroatoms. The van der Waals surface area contributed by atoms with Gasteiger partial charge in [0.25, 0.3) is 6.71 Å². The van der Waals surface area contributed by atoms with Crippen molar-refractivity contribution in [1.82, 2.24) is 0 Å². The van der Waals surface area contributed by atoms with Gasteiger partial charge in [0.2, 0.25) is 0 Å². The second-order valence-electron chi connectivity index (χ2n) is 31.6. The van der Waals surface area contributed by atoms with Crippen molar-refractivity contribution in [3.8, 4) is 11.1 Å². The van der Waals surface area contributed by atoms with Gasteiger partial charge in [0.05, 0.1) is 12.1 Å². The molecule has 0 amide bonds. The first-order chi connectivity index (χ1) is 47.4. The van der Waals surface area contributed by atoms with Crippen molar-refractivity contribution in [2.24, 2.45) is 23.7 Å². The normalized spacial score (nSPS) is 22.3. The van der Waals surface area contributed by atoms with Crippen LogP contribution in [0.1, 0.15) is 168 Å². The molecule has 0 saturated heterocycles. The third-order valence-electron chi connectivity index (χ3n) is 23.5. The lowest BCUT2D eigenvalue weighted by molar-refractivity contribution is 0.391. The molecule has 2 aliphatic heterocycles. The molecule has 0 aromatic heterocycles. The second kappa shape index (κ2) is 26.7. The van der Waals surface area contributed by atoms with E-state index in [0.717, 1.165) is 74.1 Å². The number of benzene rings is 8. The van der Waals surface area contributed by atoms with E-state index in [-0.39, 0.29) is 29.6 Å². The summed E-state index contributed by atoms with van der Waals surface area (Å²) in [5, 5.41) is 0. The lowest BCUT2D eigenvalue weighted by Crippen LogP contribution is -2.65. The molecular weight excluding hydrogens is 1170 g/mol. The molecule has 6 unspecified atom stereocenters. The fraction of sp³-hybridized carbons (Fsp3) is 0.348. The highest BCUT2D eigenvalue weighted by Gasteiger charge is 2.51. The third kappa shape index (κ3) is 12.1. The number of hydrogen-bond donors (Lipinski definition) is 0. The molecule has 490 valence electrons. The molecule has 6 aliphatic carbocycles. The molecule has 0 spiro atoms. The molecule has 0 radical (unpaired) electrons. The van der Waals surface area contributed by atoms with Gasteiger partial charge in [0.1, 0.15) is 0 Å². The van der Waals surface area contributed by atoms with Crippen LogP contribution in [-0.2, 0) is 10.8 Å². The van der Waals surface area contributed by atoms with Gasteiger partial charge >= 0.3 is 0 Å². The standard InChI is InChI=1S/C92H99BN4/c1-91(2,3)70-57-68(58-71(61-70)92(4,5)6)69-59-86-88-87(60-69)97(90-80(66-37-19-9-20-38-66)51-32-52-81(90)67-39-21-10-22-40-67)85-63-77(95(74-45-27-13-28-46-74)75-47-29-14-30-48-75)54-56-83(85)93(88)82-55-53-76(94(72-41-23-11-24-42-72)73-43-25-12-26-44-73)62-84(82)96(86)89-78(64-33-15-7-16-34-64)49-31-50-79(89)65-35-17-8-18-36-65/h7,9,11-15,19,23-30,35,39,41-49,51,53-64,66,79,81,89-90H,8,10,16-18,20-22,31-34,36-38,40,50,52H2,1-6H3. The van der Waals surface area contributed by atoms with Crippen LogP contribution in [0.5, 0.6) is 0 Å². The molecule has 8 aliphatic rings. The van der Waals surface area contributed by atoms with Crippen molar-refractivity contribution in [1.29, 1.82) is 0 Å². The van der Waals surface area contributed by atoms with Crippen LogP contribution in [0, 0.1) is 23.7 Å². The average molecular weight is 1270 g/mol. The Balaban J connectivity index is 1.05. The van der Waals surface area contributed by atoms with E-state index in [2.05, 4.69) is 298 Å². The number of fused-ring (bicyclic) bond motifs is 4. The monoisotopic (exact) mass is 1270 g/mol. The quantitative estimate of drug-likeness (QED) is 0.0842. The zero-order valence-electron chi connectivity index (χ0n) is 58.6. The van der Waals surface area contributed by atoms with Gasteiger partial charge in [-0.3, -0.25) is 0 Å². The van der Waals surface area contributed by atoms with E-state index in [0.29, 0.717) is 23.7 Å². The van der Waals surface area contributed by atoms with Gasteiger partial charge in [0, 0.05) is 68.7 Å². The molecule has 8 aromatic rings. The van der Waals surface area contributed by atoms with Gasteiger partial charge in [0.15, 0.2) is 0 Å². The molecule has 0 N–H and O–H groups in total. The maximum atomic E-state index is 3.06. The Hall–Kier alpha value is -8.54. The zero-order valence-corrected chi connectivity index (χ0v) is 58.6. The summed E-state index contributed by atoms with van der Waals surface area (Å²) in [6.45, 7) is 14.4. The van der Waals surface area contributed by atoms with Crippen LogP contribution in [0.15, 0.2) is 259 Å². The first-order valence-electron chi connectivity index (χ1n) is 37.5. The third-order valence-corrected chi connectivity index (χ3v) is 23.5. The van der Waals surface area contributed by atoms with Crippen LogP contribution >= 0.6 is 0 Å². The van der Waals surface area contributed by atoms with Crippen LogP contribution in [0.25, 0.3) is 11.1 Å². The van der Waals surface area contributed by atoms with Crippen LogP contribution in [0.4, 0.5) is 56.9 Å². The molecule has 16 rings (SSSR count). The Labute approximate surface area is 581 Å². The molecule has 2 heterocycles. The summed E-state index contributed by atoms with van der Waals surface area (Å²) < 4.78 is 0. The van der Waals surface area contributed by atoms with E-state index >= 15 is 0 Å². The predicted molar refractivity (Wildman–Crippen MR) is 416 cm³/mol. The van der Waals surface area contributed by atoms with E-state index in [1.165, 1.54) is 137 Å². The topological polar surface area (TPSA) is 13.0 Å². The summed E-state index contributed by atoms with van der Waals surface area (Å²) in [4.78, 5) is 11.2. The van der Waals surface area contributed by atoms with Gasteiger partial charge in [-0.2, -0.15) is 0 Å². The van der Waals surface area contributed by atoms with Crippen molar-refractivity contribution < 1.29 is 0 Å². The van der Waals surface area contributed by atoms with Gasteiger partial charge < -0.3 is 19.6 Å². The van der Waals surface area contributed by atoms with E-state index in [1.807, 2.05) is 0 Å². The summed E-state index contributed by atoms with van der Waals surface area (Å²) in [7, 11) is 0. The molecule has 6 atom stereocenters. The summed E-state index contributed by atoms with van der Waals surface area (Å²) in [5.41, 5.74) is 28.7. The predicted octanol–water partition coefficient (Wildman–Crippen LogP) is 23.4. The fourth-order valence-corrected chi connectivity index (χ4v) is 18.7. The van der Waals surface area contributed by atoms with Crippen molar-refractivity contribution in [3.05, 3.63) is 270 Å².